The summed E-state index contributed by atoms with van der Waals surface area (Å²) in [6.45, 7) is 13.0. The number of Topliss-reactive ketones (excluding diaryl/α,β-unsaturated/α-hetero) is 1. The number of piperazine rings is 1. The number of ketones is 1. The molecule has 1 N–H and O–H groups in total. The molecule has 0 spiro atoms. The van der Waals surface area contributed by atoms with Crippen LogP contribution in [0.2, 0.25) is 0 Å². The van der Waals surface area contributed by atoms with Crippen molar-refractivity contribution in [2.45, 2.75) is 123 Å². The zero-order valence-electron chi connectivity index (χ0n) is 31.0. The first-order chi connectivity index (χ1) is 23.8. The minimum Gasteiger partial charge on any atom is -0.457 e. The fraction of sp³-hybridized carbons (Fsp3) is 0.744. The Kier molecular flexibility index (Phi) is 15.0. The Bertz CT molecular complexity index is 1250. The molecular formula is C39H61N3O8. The van der Waals surface area contributed by atoms with Gasteiger partial charge in [-0.1, -0.05) is 70.8 Å². The number of cyclic esters (lactones) is 1. The van der Waals surface area contributed by atoms with Crippen LogP contribution in [-0.2, 0) is 23.8 Å². The lowest BCUT2D eigenvalue weighted by atomic mass is 9.87. The molecule has 3 fully saturated rings. The van der Waals surface area contributed by atoms with Crippen molar-refractivity contribution in [3.8, 4) is 0 Å². The summed E-state index contributed by atoms with van der Waals surface area (Å²) in [5.74, 6) is -0.646. The van der Waals surface area contributed by atoms with E-state index in [1.54, 1.807) is 17.9 Å². The summed E-state index contributed by atoms with van der Waals surface area (Å²) in [5, 5.41) is 11.6. The van der Waals surface area contributed by atoms with E-state index in [2.05, 4.69) is 4.90 Å². The number of likely N-dealkylation sites (tertiary alicyclic amines) is 1. The van der Waals surface area contributed by atoms with Crippen molar-refractivity contribution in [1.29, 1.82) is 0 Å². The van der Waals surface area contributed by atoms with Gasteiger partial charge in [0.15, 0.2) is 11.9 Å². The molecule has 0 radical (unpaired) electrons. The van der Waals surface area contributed by atoms with E-state index in [4.69, 9.17) is 14.2 Å². The lowest BCUT2D eigenvalue weighted by Crippen LogP contribution is -2.53. The molecule has 2 amide bonds. The van der Waals surface area contributed by atoms with Crippen LogP contribution in [0.1, 0.15) is 98.8 Å². The number of amides is 2. The van der Waals surface area contributed by atoms with Crippen LogP contribution >= 0.6 is 0 Å². The first-order valence-corrected chi connectivity index (χ1v) is 18.9. The molecule has 3 aliphatic heterocycles. The second-order valence-corrected chi connectivity index (χ2v) is 15.4. The molecule has 4 rings (SSSR count). The Morgan fingerprint density at radius 3 is 2.36 bits per heavy atom. The van der Waals surface area contributed by atoms with E-state index < -0.39 is 30.0 Å². The van der Waals surface area contributed by atoms with Crippen LogP contribution in [0, 0.1) is 17.8 Å². The number of carbonyl (C=O) groups excluding carboxylic acids is 4. The first-order valence-electron chi connectivity index (χ1n) is 18.9. The Morgan fingerprint density at radius 2 is 1.70 bits per heavy atom. The zero-order chi connectivity index (χ0) is 36.3. The van der Waals surface area contributed by atoms with Crippen molar-refractivity contribution in [3.05, 3.63) is 36.0 Å². The molecule has 2 saturated heterocycles. The minimum absolute atomic E-state index is 0.0341. The number of carbonyl (C=O) groups is 4. The fourth-order valence-electron chi connectivity index (χ4n) is 7.33. The van der Waals surface area contributed by atoms with Gasteiger partial charge in [-0.05, 0) is 57.1 Å². The van der Waals surface area contributed by atoms with E-state index in [-0.39, 0.29) is 49.1 Å². The van der Waals surface area contributed by atoms with Crippen molar-refractivity contribution in [1.82, 2.24) is 14.7 Å². The van der Waals surface area contributed by atoms with Gasteiger partial charge in [0, 0.05) is 63.4 Å². The van der Waals surface area contributed by atoms with Gasteiger partial charge < -0.3 is 29.1 Å². The van der Waals surface area contributed by atoms with Gasteiger partial charge in [-0.15, -0.1) is 0 Å². The lowest BCUT2D eigenvalue weighted by Gasteiger charge is -2.40. The summed E-state index contributed by atoms with van der Waals surface area (Å²) in [5.41, 5.74) is -0.499. The summed E-state index contributed by atoms with van der Waals surface area (Å²) < 4.78 is 17.5. The summed E-state index contributed by atoms with van der Waals surface area (Å²) in [7, 11) is 0. The van der Waals surface area contributed by atoms with Crippen molar-refractivity contribution in [2.75, 3.05) is 45.9 Å². The van der Waals surface area contributed by atoms with Crippen molar-refractivity contribution < 1.29 is 38.5 Å². The number of hydrogen-bond acceptors (Lipinski definition) is 9. The molecule has 0 aromatic rings. The third-order valence-electron chi connectivity index (χ3n) is 10.7. The second-order valence-electron chi connectivity index (χ2n) is 15.4. The van der Waals surface area contributed by atoms with Gasteiger partial charge in [0.05, 0.1) is 13.2 Å². The molecule has 1 aliphatic carbocycles. The van der Waals surface area contributed by atoms with Crippen LogP contribution < -0.4 is 0 Å². The van der Waals surface area contributed by atoms with Crippen molar-refractivity contribution in [3.63, 3.8) is 0 Å². The Balaban J connectivity index is 1.39. The summed E-state index contributed by atoms with van der Waals surface area (Å²) in [4.78, 5) is 55.9. The number of hydrogen-bond donors (Lipinski definition) is 1. The van der Waals surface area contributed by atoms with E-state index in [0.717, 1.165) is 18.7 Å². The van der Waals surface area contributed by atoms with Crippen molar-refractivity contribution in [2.24, 2.45) is 17.8 Å². The third-order valence-corrected chi connectivity index (χ3v) is 10.7. The highest BCUT2D eigenvalue weighted by atomic mass is 16.6. The Hall–Kier alpha value is -3.18. The van der Waals surface area contributed by atoms with Gasteiger partial charge in [-0.3, -0.25) is 14.5 Å². The molecule has 0 unspecified atom stereocenters. The van der Waals surface area contributed by atoms with E-state index in [9.17, 15) is 24.3 Å². The quantitative estimate of drug-likeness (QED) is 0.111. The molecular weight excluding hydrogens is 638 g/mol. The number of ether oxygens (including phenoxy) is 3. The molecule has 4 aliphatic rings. The maximum Gasteiger partial charge on any atom is 0.410 e. The maximum atomic E-state index is 13.5. The van der Waals surface area contributed by atoms with E-state index in [1.807, 2.05) is 52.0 Å². The average molecular weight is 700 g/mol. The molecule has 6 atom stereocenters. The smallest absolute Gasteiger partial charge is 0.410 e. The maximum absolute atomic E-state index is 13.5. The Morgan fingerprint density at radius 1 is 1.00 bits per heavy atom. The van der Waals surface area contributed by atoms with Crippen LogP contribution in [0.25, 0.3) is 0 Å². The van der Waals surface area contributed by atoms with Crippen molar-refractivity contribution >= 4 is 23.9 Å². The third kappa shape index (κ3) is 12.0. The number of aliphatic hydroxyl groups is 1. The normalized spacial score (nSPS) is 31.4. The zero-order valence-corrected chi connectivity index (χ0v) is 31.0. The van der Waals surface area contributed by atoms with Crippen LogP contribution in [-0.4, -0.2) is 113 Å². The largest absolute Gasteiger partial charge is 0.457 e. The number of esters is 1. The lowest BCUT2D eigenvalue weighted by molar-refractivity contribution is -0.150. The van der Waals surface area contributed by atoms with Gasteiger partial charge in [0.1, 0.15) is 11.7 Å². The molecule has 3 heterocycles. The van der Waals surface area contributed by atoms with Crippen LogP contribution in [0.5, 0.6) is 0 Å². The second kappa shape index (κ2) is 18.9. The van der Waals surface area contributed by atoms with E-state index >= 15 is 0 Å². The monoisotopic (exact) mass is 699 g/mol. The minimum atomic E-state index is -1.32. The average Bonchev–Trinajstić information content (AvgIpc) is 3.34. The SMILES string of the molecule is C/C(=C\C=C\[C@@H](C)COC(=O)N1CCC(=O)C1)[C@H]1OC(=O)C[C@H](C)CC[C@@](C)(O)[C@@H](OC(=O)N2CCN(C3CCCCCC3)CC2)/C=C/[C@@H]1C. The van der Waals surface area contributed by atoms with E-state index in [1.165, 1.54) is 43.4 Å². The van der Waals surface area contributed by atoms with Crippen LogP contribution in [0.3, 0.4) is 0 Å². The van der Waals surface area contributed by atoms with Gasteiger partial charge in [0.25, 0.3) is 0 Å². The van der Waals surface area contributed by atoms with Gasteiger partial charge in [-0.2, -0.15) is 0 Å². The molecule has 0 bridgehead atoms. The highest BCUT2D eigenvalue weighted by Crippen LogP contribution is 2.29. The fourth-order valence-corrected chi connectivity index (χ4v) is 7.33. The number of nitrogens with zero attached hydrogens (tertiary/aromatic N) is 3. The predicted molar refractivity (Wildman–Crippen MR) is 191 cm³/mol. The summed E-state index contributed by atoms with van der Waals surface area (Å²) in [6.07, 6.45) is 16.1. The molecule has 11 heteroatoms. The van der Waals surface area contributed by atoms with E-state index in [0.29, 0.717) is 44.9 Å². The standard InChI is InChI=1S/C39H61N3O8/c1-28-17-19-39(5,47)34(49-38(46)41-23-21-40(22-24-41)32-13-8-6-7-9-14-32)16-15-31(4)36(50-35(44)25-28)30(3)12-10-11-29(2)27-48-37(45)42-20-18-33(43)26-42/h10-12,15-16,28-29,31-32,34,36,47H,6-9,13-14,17-27H2,1-5H3/b11-10+,16-15+,30-12+/t28-,29-,31+,34+,36-,39-/m1/s1. The molecule has 0 aromatic carbocycles. The predicted octanol–water partition coefficient (Wildman–Crippen LogP) is 6.06. The highest BCUT2D eigenvalue weighted by molar-refractivity contribution is 5.87. The van der Waals surface area contributed by atoms with Crippen LogP contribution in [0.15, 0.2) is 36.0 Å². The van der Waals surface area contributed by atoms with Gasteiger partial charge in [0.2, 0.25) is 0 Å². The summed E-state index contributed by atoms with van der Waals surface area (Å²) >= 11 is 0. The first kappa shape index (κ1) is 39.6. The van der Waals surface area contributed by atoms with Gasteiger partial charge >= 0.3 is 18.2 Å². The topological polar surface area (TPSA) is 126 Å². The Labute approximate surface area is 299 Å². The highest BCUT2D eigenvalue weighted by Gasteiger charge is 2.37. The van der Waals surface area contributed by atoms with Gasteiger partial charge in [-0.25, -0.2) is 9.59 Å². The molecule has 1 saturated carbocycles. The van der Waals surface area contributed by atoms with Crippen LogP contribution in [0.4, 0.5) is 9.59 Å². The summed E-state index contributed by atoms with van der Waals surface area (Å²) in [6, 6.07) is 0.603. The molecule has 11 nitrogen and oxygen atoms in total. The molecule has 280 valence electrons. The molecule has 50 heavy (non-hydrogen) atoms. The number of allylic oxidation sites excluding steroid dienone is 2. The molecule has 0 aromatic heterocycles. The number of rotatable bonds is 7.